The third-order valence-corrected chi connectivity index (χ3v) is 6.57. The van der Waals surface area contributed by atoms with E-state index in [9.17, 15) is 9.59 Å². The van der Waals surface area contributed by atoms with E-state index in [1.807, 2.05) is 47.5 Å². The first kappa shape index (κ1) is 25.0. The highest BCUT2D eigenvalue weighted by Crippen LogP contribution is 2.35. The van der Waals surface area contributed by atoms with Crippen molar-refractivity contribution >= 4 is 18.0 Å². The van der Waals surface area contributed by atoms with Gasteiger partial charge in [-0.25, -0.2) is 0 Å². The first-order valence-electron chi connectivity index (χ1n) is 12.1. The summed E-state index contributed by atoms with van der Waals surface area (Å²) in [6, 6.07) is 12.8. The molecule has 0 saturated carbocycles. The summed E-state index contributed by atoms with van der Waals surface area (Å²) in [5.74, 6) is -0.346. The number of morpholine rings is 1. The van der Waals surface area contributed by atoms with E-state index in [0.717, 1.165) is 42.6 Å². The van der Waals surface area contributed by atoms with Gasteiger partial charge in [-0.1, -0.05) is 36.4 Å². The molecule has 1 saturated heterocycles. The highest BCUT2D eigenvalue weighted by atomic mass is 16.6. The van der Waals surface area contributed by atoms with Crippen LogP contribution in [0.3, 0.4) is 0 Å². The number of nitrogens with two attached hydrogens (primary N) is 1. The molecule has 0 aromatic heterocycles. The minimum Gasteiger partial charge on any atom is -0.463 e. The SMILES string of the molecule is COCCOC(=O)CC1CCc2ccc(C(=O)c3ccc(C=NN4CCOCC4)cc3)cc2C1N. The molecule has 2 aromatic carbocycles. The number of carbonyl (C=O) groups is 2. The Kier molecular flexibility index (Phi) is 8.63. The molecule has 1 aliphatic carbocycles. The molecule has 2 atom stereocenters. The lowest BCUT2D eigenvalue weighted by molar-refractivity contribution is -0.146. The lowest BCUT2D eigenvalue weighted by atomic mass is 9.77. The highest BCUT2D eigenvalue weighted by Gasteiger charge is 2.29. The smallest absolute Gasteiger partial charge is 0.306 e. The largest absolute Gasteiger partial charge is 0.463 e. The van der Waals surface area contributed by atoms with Gasteiger partial charge in [0.1, 0.15) is 6.61 Å². The van der Waals surface area contributed by atoms with Crippen molar-refractivity contribution in [2.45, 2.75) is 25.3 Å². The van der Waals surface area contributed by atoms with Crippen LogP contribution >= 0.6 is 0 Å². The number of fused-ring (bicyclic) bond motifs is 1. The number of carbonyl (C=O) groups excluding carboxylic acids is 2. The molecule has 0 radical (unpaired) electrons. The van der Waals surface area contributed by atoms with Crippen LogP contribution in [0.5, 0.6) is 0 Å². The summed E-state index contributed by atoms with van der Waals surface area (Å²) in [5.41, 5.74) is 10.7. The molecule has 2 aromatic rings. The average molecular weight is 480 g/mol. The van der Waals surface area contributed by atoms with Gasteiger partial charge in [0, 0.05) is 24.3 Å². The number of hydrogen-bond acceptors (Lipinski definition) is 8. The molecule has 186 valence electrons. The van der Waals surface area contributed by atoms with Crippen LogP contribution in [0.15, 0.2) is 47.6 Å². The number of benzene rings is 2. The van der Waals surface area contributed by atoms with Crippen LogP contribution in [0.2, 0.25) is 0 Å². The Hall–Kier alpha value is -3.07. The number of ether oxygens (including phenoxy) is 3. The summed E-state index contributed by atoms with van der Waals surface area (Å²) in [4.78, 5) is 25.3. The van der Waals surface area contributed by atoms with Crippen LogP contribution in [0.25, 0.3) is 0 Å². The van der Waals surface area contributed by atoms with Crippen LogP contribution in [-0.4, -0.2) is 69.6 Å². The molecule has 35 heavy (non-hydrogen) atoms. The Morgan fingerprint density at radius 2 is 1.86 bits per heavy atom. The fraction of sp³-hybridized carbons (Fsp3) is 0.444. The minimum absolute atomic E-state index is 0.0204. The lowest BCUT2D eigenvalue weighted by Crippen LogP contribution is -2.32. The molecule has 2 N–H and O–H groups in total. The van der Waals surface area contributed by atoms with Crippen molar-refractivity contribution in [2.24, 2.45) is 16.8 Å². The Bertz CT molecular complexity index is 1050. The van der Waals surface area contributed by atoms with Gasteiger partial charge in [0.25, 0.3) is 0 Å². The van der Waals surface area contributed by atoms with Gasteiger partial charge in [0.05, 0.1) is 45.5 Å². The van der Waals surface area contributed by atoms with E-state index in [-0.39, 0.29) is 36.7 Å². The molecule has 1 heterocycles. The van der Waals surface area contributed by atoms with E-state index in [0.29, 0.717) is 30.9 Å². The number of esters is 1. The molecule has 1 fully saturated rings. The maximum atomic E-state index is 13.2. The van der Waals surface area contributed by atoms with Gasteiger partial charge in [-0.2, -0.15) is 5.10 Å². The molecule has 8 heteroatoms. The van der Waals surface area contributed by atoms with E-state index in [1.54, 1.807) is 13.3 Å². The normalized spacial score (nSPS) is 20.0. The third-order valence-electron chi connectivity index (χ3n) is 6.57. The second kappa shape index (κ2) is 12.1. The van der Waals surface area contributed by atoms with E-state index < -0.39 is 0 Å². The van der Waals surface area contributed by atoms with Crippen molar-refractivity contribution in [3.05, 3.63) is 70.3 Å². The zero-order valence-corrected chi connectivity index (χ0v) is 20.2. The van der Waals surface area contributed by atoms with Gasteiger partial charge in [-0.3, -0.25) is 14.6 Å². The molecule has 2 aliphatic rings. The Morgan fingerprint density at radius 3 is 2.60 bits per heavy atom. The highest BCUT2D eigenvalue weighted by molar-refractivity contribution is 6.09. The summed E-state index contributed by atoms with van der Waals surface area (Å²) in [6.45, 7) is 3.55. The summed E-state index contributed by atoms with van der Waals surface area (Å²) in [7, 11) is 1.57. The molecule has 1 aliphatic heterocycles. The number of rotatable bonds is 9. The standard InChI is InChI=1S/C27H33N3O5/c1-33-14-15-35-25(31)17-22-8-6-20-7-9-23(16-24(20)26(22)28)27(32)21-4-2-19(3-5-21)18-29-30-10-12-34-13-11-30/h2-5,7,9,16,18,22,26H,6,8,10-15,17,28H2,1H3. The maximum Gasteiger partial charge on any atom is 0.306 e. The zero-order valence-electron chi connectivity index (χ0n) is 20.2. The number of ketones is 1. The summed E-state index contributed by atoms with van der Waals surface area (Å²) in [6.07, 6.45) is 3.70. The number of hydrazone groups is 1. The molecular formula is C27H33N3O5. The molecule has 0 amide bonds. The number of methoxy groups -OCH3 is 1. The molecule has 4 rings (SSSR count). The minimum atomic E-state index is -0.319. The van der Waals surface area contributed by atoms with Gasteiger partial charge in [-0.05, 0) is 41.5 Å². The van der Waals surface area contributed by atoms with Crippen LogP contribution < -0.4 is 5.73 Å². The van der Waals surface area contributed by atoms with Crippen LogP contribution in [0.4, 0.5) is 0 Å². The van der Waals surface area contributed by atoms with E-state index >= 15 is 0 Å². The van der Waals surface area contributed by atoms with Crippen molar-refractivity contribution in [2.75, 3.05) is 46.6 Å². The molecule has 2 unspecified atom stereocenters. The van der Waals surface area contributed by atoms with Crippen molar-refractivity contribution in [3.8, 4) is 0 Å². The lowest BCUT2D eigenvalue weighted by Gasteiger charge is -2.31. The Labute approximate surface area is 206 Å². The monoisotopic (exact) mass is 479 g/mol. The fourth-order valence-corrected chi connectivity index (χ4v) is 4.49. The number of hydrogen-bond donors (Lipinski definition) is 1. The maximum absolute atomic E-state index is 13.2. The third kappa shape index (κ3) is 6.54. The molecule has 0 bridgehead atoms. The summed E-state index contributed by atoms with van der Waals surface area (Å²) in [5, 5.41) is 6.46. The second-order valence-electron chi connectivity index (χ2n) is 8.92. The molecule has 0 spiro atoms. The van der Waals surface area contributed by atoms with Crippen molar-refractivity contribution in [1.29, 1.82) is 0 Å². The Balaban J connectivity index is 1.41. The summed E-state index contributed by atoms with van der Waals surface area (Å²) >= 11 is 0. The van der Waals surface area contributed by atoms with Gasteiger partial charge in [0.15, 0.2) is 5.78 Å². The van der Waals surface area contributed by atoms with Gasteiger partial charge < -0.3 is 19.9 Å². The van der Waals surface area contributed by atoms with Gasteiger partial charge in [0.2, 0.25) is 0 Å². The van der Waals surface area contributed by atoms with Crippen LogP contribution in [0, 0.1) is 5.92 Å². The average Bonchev–Trinajstić information content (AvgIpc) is 2.89. The van der Waals surface area contributed by atoms with Crippen LogP contribution in [0.1, 0.15) is 51.5 Å². The predicted octanol–water partition coefficient (Wildman–Crippen LogP) is 2.73. The molecular weight excluding hydrogens is 446 g/mol. The van der Waals surface area contributed by atoms with Crippen molar-refractivity contribution in [1.82, 2.24) is 5.01 Å². The number of aryl methyl sites for hydroxylation is 1. The van der Waals surface area contributed by atoms with Gasteiger partial charge >= 0.3 is 5.97 Å². The van der Waals surface area contributed by atoms with Crippen molar-refractivity contribution in [3.63, 3.8) is 0 Å². The summed E-state index contributed by atoms with van der Waals surface area (Å²) < 4.78 is 15.5. The first-order valence-corrected chi connectivity index (χ1v) is 12.1. The number of nitrogens with zero attached hydrogens (tertiary/aromatic N) is 2. The Morgan fingerprint density at radius 1 is 1.11 bits per heavy atom. The zero-order chi connectivity index (χ0) is 24.6. The second-order valence-corrected chi connectivity index (χ2v) is 8.92. The van der Waals surface area contributed by atoms with Crippen molar-refractivity contribution < 1.29 is 23.8 Å². The topological polar surface area (TPSA) is 103 Å². The van der Waals surface area contributed by atoms with E-state index in [2.05, 4.69) is 5.10 Å². The van der Waals surface area contributed by atoms with Gasteiger partial charge in [-0.15, -0.1) is 0 Å². The fourth-order valence-electron chi connectivity index (χ4n) is 4.49. The quantitative estimate of drug-likeness (QED) is 0.255. The predicted molar refractivity (Wildman–Crippen MR) is 132 cm³/mol. The van der Waals surface area contributed by atoms with Crippen LogP contribution in [-0.2, 0) is 25.4 Å². The van der Waals surface area contributed by atoms with E-state index in [4.69, 9.17) is 19.9 Å². The first-order chi connectivity index (χ1) is 17.0. The van der Waals surface area contributed by atoms with E-state index in [1.165, 1.54) is 0 Å². The molecule has 8 nitrogen and oxygen atoms in total.